The van der Waals surface area contributed by atoms with E-state index < -0.39 is 11.3 Å². The first-order chi connectivity index (χ1) is 13.4. The highest BCUT2D eigenvalue weighted by atomic mass is 79.9. The number of hydroxylamine groups is 2. The van der Waals surface area contributed by atoms with Gasteiger partial charge in [0, 0.05) is 24.4 Å². The summed E-state index contributed by atoms with van der Waals surface area (Å²) in [5.74, 6) is 1.18. The van der Waals surface area contributed by atoms with Crippen LogP contribution in [0.5, 0.6) is 5.75 Å². The van der Waals surface area contributed by atoms with E-state index in [1.165, 1.54) is 11.1 Å². The van der Waals surface area contributed by atoms with Crippen LogP contribution in [0.3, 0.4) is 0 Å². The van der Waals surface area contributed by atoms with Gasteiger partial charge in [0.1, 0.15) is 11.4 Å². The molecule has 2 unspecified atom stereocenters. The molecule has 6 heteroatoms. The summed E-state index contributed by atoms with van der Waals surface area (Å²) < 4.78 is 7.61. The average molecular weight is 444 g/mol. The van der Waals surface area contributed by atoms with E-state index in [0.717, 1.165) is 35.0 Å². The molecule has 28 heavy (non-hydrogen) atoms. The molecule has 148 valence electrons. The van der Waals surface area contributed by atoms with E-state index >= 15 is 0 Å². The molecule has 2 aliphatic heterocycles. The van der Waals surface area contributed by atoms with E-state index in [2.05, 4.69) is 54.0 Å². The van der Waals surface area contributed by atoms with Gasteiger partial charge in [0.15, 0.2) is 0 Å². The molecule has 0 fully saturated rings. The normalized spacial score (nSPS) is 26.1. The average Bonchev–Trinajstić information content (AvgIpc) is 2.96. The zero-order valence-electron chi connectivity index (χ0n) is 16.5. The molecule has 2 aliphatic rings. The van der Waals surface area contributed by atoms with Crippen LogP contribution in [0.1, 0.15) is 43.4 Å². The molecule has 2 aromatic rings. The molecule has 5 nitrogen and oxygen atoms in total. The number of nitrogens with two attached hydrogens (primary N) is 1. The molecule has 0 aliphatic carbocycles. The summed E-state index contributed by atoms with van der Waals surface area (Å²) in [7, 11) is 1.79. The van der Waals surface area contributed by atoms with E-state index in [1.54, 1.807) is 12.1 Å². The molecule has 0 bridgehead atoms. The molecular weight excluding hydrogens is 418 g/mol. The molecule has 2 atom stereocenters. The highest BCUT2D eigenvalue weighted by Gasteiger charge is 2.54. The van der Waals surface area contributed by atoms with Crippen molar-refractivity contribution in [1.29, 1.82) is 0 Å². The van der Waals surface area contributed by atoms with Gasteiger partial charge >= 0.3 is 0 Å². The van der Waals surface area contributed by atoms with Gasteiger partial charge in [0.05, 0.1) is 5.56 Å². The largest absolute Gasteiger partial charge is 0.486 e. The molecule has 2 N–H and O–H groups in total. The predicted octanol–water partition coefficient (Wildman–Crippen LogP) is 4.53. The third kappa shape index (κ3) is 3.18. The molecule has 0 radical (unpaired) electrons. The van der Waals surface area contributed by atoms with Crippen LogP contribution in [-0.2, 0) is 23.4 Å². The van der Waals surface area contributed by atoms with E-state index in [9.17, 15) is 0 Å². The fourth-order valence-electron chi connectivity index (χ4n) is 4.27. The number of benzene rings is 2. The van der Waals surface area contributed by atoms with Gasteiger partial charge in [-0.2, -0.15) is 0 Å². The van der Waals surface area contributed by atoms with Crippen LogP contribution in [0, 0.1) is 0 Å². The molecule has 4 rings (SSSR count). The Morgan fingerprint density at radius 2 is 1.93 bits per heavy atom. The van der Waals surface area contributed by atoms with Crippen molar-refractivity contribution < 1.29 is 9.57 Å². The highest BCUT2D eigenvalue weighted by molar-refractivity contribution is 9.10. The minimum Gasteiger partial charge on any atom is -0.486 e. The van der Waals surface area contributed by atoms with Crippen LogP contribution in [0.15, 0.2) is 51.9 Å². The van der Waals surface area contributed by atoms with Gasteiger partial charge in [0.25, 0.3) is 0 Å². The van der Waals surface area contributed by atoms with Gasteiger partial charge in [-0.15, -0.1) is 0 Å². The fourth-order valence-corrected chi connectivity index (χ4v) is 4.63. The van der Waals surface area contributed by atoms with E-state index in [4.69, 9.17) is 20.3 Å². The zero-order chi connectivity index (χ0) is 19.9. The van der Waals surface area contributed by atoms with Gasteiger partial charge in [-0.05, 0) is 42.2 Å². The third-order valence-corrected chi connectivity index (χ3v) is 6.31. The molecule has 0 amide bonds. The first-order valence-corrected chi connectivity index (χ1v) is 10.5. The van der Waals surface area contributed by atoms with E-state index in [-0.39, 0.29) is 0 Å². The van der Waals surface area contributed by atoms with Crippen molar-refractivity contribution in [3.63, 3.8) is 0 Å². The number of fused-ring (bicyclic) bond motifs is 2. The van der Waals surface area contributed by atoms with Gasteiger partial charge in [-0.25, -0.2) is 14.9 Å². The number of hydrogen-bond acceptors (Lipinski definition) is 5. The molecule has 0 saturated carbocycles. The Kier molecular flexibility index (Phi) is 4.88. The first-order valence-electron chi connectivity index (χ1n) is 9.74. The van der Waals surface area contributed by atoms with Crippen LogP contribution < -0.4 is 10.5 Å². The van der Waals surface area contributed by atoms with E-state index in [1.807, 2.05) is 18.2 Å². The minimum absolute atomic E-state index is 0.381. The van der Waals surface area contributed by atoms with Crippen LogP contribution in [0.4, 0.5) is 0 Å². The topological polar surface area (TPSA) is 60.1 Å². The molecule has 0 saturated heterocycles. The van der Waals surface area contributed by atoms with Gasteiger partial charge in [-0.1, -0.05) is 54.0 Å². The van der Waals surface area contributed by atoms with Crippen LogP contribution >= 0.6 is 15.9 Å². The van der Waals surface area contributed by atoms with Crippen molar-refractivity contribution in [2.24, 2.45) is 10.7 Å². The Labute approximate surface area is 174 Å². The van der Waals surface area contributed by atoms with Crippen molar-refractivity contribution >= 4 is 21.9 Å². The SMILES string of the molecule is CCc1ccccc1CC1(CC)CC2(N=C(N)N(C)O2)c2cc(Br)ccc2O1. The Morgan fingerprint density at radius 3 is 2.57 bits per heavy atom. The lowest BCUT2D eigenvalue weighted by Crippen LogP contribution is -2.49. The maximum absolute atomic E-state index is 6.65. The van der Waals surface area contributed by atoms with Crippen molar-refractivity contribution in [3.8, 4) is 5.75 Å². The lowest BCUT2D eigenvalue weighted by atomic mass is 9.78. The Morgan fingerprint density at radius 1 is 1.18 bits per heavy atom. The smallest absolute Gasteiger partial charge is 0.222 e. The Bertz CT molecular complexity index is 932. The predicted molar refractivity (Wildman–Crippen MR) is 114 cm³/mol. The van der Waals surface area contributed by atoms with Crippen LogP contribution in [0.2, 0.25) is 0 Å². The quantitative estimate of drug-likeness (QED) is 0.753. The number of aryl methyl sites for hydroxylation is 1. The maximum Gasteiger partial charge on any atom is 0.222 e. The standard InChI is InChI=1S/C22H26BrN3O2/c1-4-15-8-6-7-9-16(15)13-21(5-2)14-22(25-20(24)26(3)28-22)18-12-17(23)10-11-19(18)27-21/h6-12H,4-5,13-14H2,1-3H3,(H2,24,25). The van der Waals surface area contributed by atoms with Crippen molar-refractivity contribution in [2.75, 3.05) is 7.05 Å². The lowest BCUT2D eigenvalue weighted by molar-refractivity contribution is -0.204. The molecule has 1 spiro atoms. The summed E-state index contributed by atoms with van der Waals surface area (Å²) in [6.45, 7) is 4.35. The third-order valence-electron chi connectivity index (χ3n) is 5.81. The van der Waals surface area contributed by atoms with Crippen molar-refractivity contribution in [2.45, 2.75) is 50.9 Å². The second-order valence-corrected chi connectivity index (χ2v) is 8.51. The Balaban J connectivity index is 1.81. The summed E-state index contributed by atoms with van der Waals surface area (Å²) in [4.78, 5) is 11.0. The molecular formula is C22H26BrN3O2. The summed E-state index contributed by atoms with van der Waals surface area (Å²) in [6, 6.07) is 14.6. The number of nitrogens with zero attached hydrogens (tertiary/aromatic N) is 2. The molecule has 2 heterocycles. The maximum atomic E-state index is 6.65. The number of halogens is 1. The lowest BCUT2D eigenvalue weighted by Gasteiger charge is -2.45. The van der Waals surface area contributed by atoms with Gasteiger partial charge in [-0.3, -0.25) is 0 Å². The first kappa shape index (κ1) is 19.3. The minimum atomic E-state index is -0.868. The monoisotopic (exact) mass is 443 g/mol. The Hall–Kier alpha value is -2.05. The zero-order valence-corrected chi connectivity index (χ0v) is 18.1. The number of ether oxygens (including phenoxy) is 1. The summed E-state index contributed by atoms with van der Waals surface area (Å²) in [6.07, 6.45) is 3.23. The second-order valence-electron chi connectivity index (χ2n) is 7.60. The fraction of sp³-hybridized carbons (Fsp3) is 0.409. The number of guanidine groups is 1. The van der Waals surface area contributed by atoms with Crippen molar-refractivity contribution in [1.82, 2.24) is 5.06 Å². The highest BCUT2D eigenvalue weighted by Crippen LogP contribution is 2.51. The van der Waals surface area contributed by atoms with Crippen molar-refractivity contribution in [3.05, 3.63) is 63.6 Å². The molecule has 0 aromatic heterocycles. The summed E-state index contributed by atoms with van der Waals surface area (Å²) in [5.41, 5.74) is 8.37. The van der Waals surface area contributed by atoms with Crippen LogP contribution in [0.25, 0.3) is 0 Å². The summed E-state index contributed by atoms with van der Waals surface area (Å²) >= 11 is 3.56. The summed E-state index contributed by atoms with van der Waals surface area (Å²) in [5, 5.41) is 1.55. The van der Waals surface area contributed by atoms with Crippen LogP contribution in [-0.4, -0.2) is 23.7 Å². The molecule has 2 aromatic carbocycles. The van der Waals surface area contributed by atoms with Gasteiger partial charge in [0.2, 0.25) is 11.7 Å². The second kappa shape index (κ2) is 7.08. The van der Waals surface area contributed by atoms with E-state index in [0.29, 0.717) is 12.4 Å². The number of rotatable bonds is 4. The number of hydrogen-bond donors (Lipinski definition) is 1. The van der Waals surface area contributed by atoms with Gasteiger partial charge < -0.3 is 10.5 Å². The number of aliphatic imine (C=N–C) groups is 1.